The van der Waals surface area contributed by atoms with Gasteiger partial charge in [-0.1, -0.05) is 26.0 Å². The van der Waals surface area contributed by atoms with E-state index in [-0.39, 0.29) is 11.7 Å². The lowest BCUT2D eigenvalue weighted by Crippen LogP contribution is -2.45. The lowest BCUT2D eigenvalue weighted by atomic mass is 10.0. The van der Waals surface area contributed by atoms with Crippen molar-refractivity contribution in [3.8, 4) is 5.75 Å². The van der Waals surface area contributed by atoms with E-state index in [1.54, 1.807) is 19.1 Å². The topological polar surface area (TPSA) is 80.6 Å². The van der Waals surface area contributed by atoms with Crippen molar-refractivity contribution in [1.82, 2.24) is 10.6 Å². The highest BCUT2D eigenvalue weighted by atomic mass is 16.5. The number of carbonyl (C=O) groups excluding carboxylic acids is 2. The highest BCUT2D eigenvalue weighted by Crippen LogP contribution is 2.18. The minimum Gasteiger partial charge on any atom is -0.492 e. The zero-order valence-electron chi connectivity index (χ0n) is 14.7. The van der Waals surface area contributed by atoms with E-state index >= 15 is 0 Å². The number of ether oxygens (including phenoxy) is 1. The lowest BCUT2D eigenvalue weighted by Gasteiger charge is -2.14. The maximum atomic E-state index is 12.0. The molecule has 0 saturated carbocycles. The maximum absolute atomic E-state index is 12.0. The van der Waals surface area contributed by atoms with Gasteiger partial charge in [0, 0.05) is 0 Å². The van der Waals surface area contributed by atoms with Gasteiger partial charge in [-0.05, 0) is 42.7 Å². The summed E-state index contributed by atoms with van der Waals surface area (Å²) in [5.41, 5.74) is 1.25. The van der Waals surface area contributed by atoms with Crippen LogP contribution in [0.2, 0.25) is 0 Å². The summed E-state index contributed by atoms with van der Waals surface area (Å²) in [6.07, 6.45) is 1.41. The summed E-state index contributed by atoms with van der Waals surface area (Å²) in [5, 5.41) is 5.30. The molecule has 0 spiro atoms. The van der Waals surface area contributed by atoms with Crippen molar-refractivity contribution in [2.24, 2.45) is 0 Å². The first-order valence-corrected chi connectivity index (χ1v) is 8.32. The fraction of sp³-hybridized carbons (Fsp3) is 0.368. The molecule has 1 atom stereocenters. The second-order valence-electron chi connectivity index (χ2n) is 6.04. The van der Waals surface area contributed by atoms with Crippen LogP contribution < -0.4 is 15.4 Å². The van der Waals surface area contributed by atoms with E-state index in [0.29, 0.717) is 19.1 Å². The zero-order valence-corrected chi connectivity index (χ0v) is 14.7. The molecule has 0 aliphatic heterocycles. The first kappa shape index (κ1) is 18.6. The first-order chi connectivity index (χ1) is 12.0. The van der Waals surface area contributed by atoms with Crippen LogP contribution in [0, 0.1) is 0 Å². The van der Waals surface area contributed by atoms with Gasteiger partial charge >= 0.3 is 0 Å². The standard InChI is InChI=1S/C19H24N2O4/c1-13(2)15-6-8-16(9-7-15)24-12-10-20-18(22)14(3)21-19(23)17-5-4-11-25-17/h4-9,11,13-14H,10,12H2,1-3H3,(H,20,22)(H,21,23)/t14-/m1/s1. The van der Waals surface area contributed by atoms with Gasteiger partial charge in [0.2, 0.25) is 5.91 Å². The van der Waals surface area contributed by atoms with Crippen LogP contribution in [0.5, 0.6) is 5.75 Å². The van der Waals surface area contributed by atoms with E-state index in [2.05, 4.69) is 24.5 Å². The van der Waals surface area contributed by atoms with E-state index in [1.165, 1.54) is 11.8 Å². The average Bonchev–Trinajstić information content (AvgIpc) is 3.13. The van der Waals surface area contributed by atoms with Crippen LogP contribution in [0.15, 0.2) is 47.1 Å². The Morgan fingerprint density at radius 1 is 1.12 bits per heavy atom. The predicted molar refractivity (Wildman–Crippen MR) is 94.7 cm³/mol. The molecule has 1 aromatic carbocycles. The van der Waals surface area contributed by atoms with E-state index in [1.807, 2.05) is 24.3 Å². The molecule has 6 nitrogen and oxygen atoms in total. The highest BCUT2D eigenvalue weighted by molar-refractivity contribution is 5.95. The Hall–Kier alpha value is -2.76. The number of nitrogens with one attached hydrogen (secondary N) is 2. The normalized spacial score (nSPS) is 11.8. The number of hydrogen-bond donors (Lipinski definition) is 2. The largest absolute Gasteiger partial charge is 0.492 e. The maximum Gasteiger partial charge on any atom is 0.287 e. The zero-order chi connectivity index (χ0) is 18.2. The fourth-order valence-corrected chi connectivity index (χ4v) is 2.19. The lowest BCUT2D eigenvalue weighted by molar-refractivity contribution is -0.122. The number of hydrogen-bond acceptors (Lipinski definition) is 4. The molecule has 2 aromatic rings. The van der Waals surface area contributed by atoms with Gasteiger partial charge in [-0.25, -0.2) is 0 Å². The van der Waals surface area contributed by atoms with Crippen LogP contribution in [-0.2, 0) is 4.79 Å². The molecule has 1 aromatic heterocycles. The molecule has 2 rings (SSSR count). The molecule has 0 fully saturated rings. The summed E-state index contributed by atoms with van der Waals surface area (Å²) in [6.45, 7) is 6.59. The Morgan fingerprint density at radius 3 is 2.44 bits per heavy atom. The van der Waals surface area contributed by atoms with Gasteiger partial charge in [-0.15, -0.1) is 0 Å². The number of rotatable bonds is 8. The van der Waals surface area contributed by atoms with Gasteiger partial charge in [-0.2, -0.15) is 0 Å². The van der Waals surface area contributed by atoms with Gasteiger partial charge in [0.15, 0.2) is 5.76 Å². The van der Waals surface area contributed by atoms with Crippen molar-refractivity contribution in [3.63, 3.8) is 0 Å². The minimum atomic E-state index is -0.664. The van der Waals surface area contributed by atoms with Crippen LogP contribution in [0.25, 0.3) is 0 Å². The van der Waals surface area contributed by atoms with E-state index in [0.717, 1.165) is 5.75 Å². The third-order valence-electron chi connectivity index (χ3n) is 3.70. The quantitative estimate of drug-likeness (QED) is 0.722. The van der Waals surface area contributed by atoms with Crippen molar-refractivity contribution in [1.29, 1.82) is 0 Å². The molecule has 25 heavy (non-hydrogen) atoms. The van der Waals surface area contributed by atoms with Gasteiger partial charge < -0.3 is 19.8 Å². The number of benzene rings is 1. The number of furan rings is 1. The predicted octanol–water partition coefficient (Wildman–Crippen LogP) is 2.72. The van der Waals surface area contributed by atoms with Crippen molar-refractivity contribution < 1.29 is 18.7 Å². The summed E-state index contributed by atoms with van der Waals surface area (Å²) < 4.78 is 10.6. The van der Waals surface area contributed by atoms with Gasteiger partial charge in [-0.3, -0.25) is 9.59 Å². The molecule has 2 amide bonds. The van der Waals surface area contributed by atoms with Crippen molar-refractivity contribution in [3.05, 3.63) is 54.0 Å². The highest BCUT2D eigenvalue weighted by Gasteiger charge is 2.17. The van der Waals surface area contributed by atoms with Gasteiger partial charge in [0.25, 0.3) is 5.91 Å². The Labute approximate surface area is 147 Å². The Balaban J connectivity index is 1.68. The third-order valence-corrected chi connectivity index (χ3v) is 3.70. The average molecular weight is 344 g/mol. The Kier molecular flexibility index (Phi) is 6.62. The fourth-order valence-electron chi connectivity index (χ4n) is 2.19. The van der Waals surface area contributed by atoms with E-state index in [9.17, 15) is 9.59 Å². The number of carbonyl (C=O) groups is 2. The number of amides is 2. The van der Waals surface area contributed by atoms with Crippen LogP contribution in [0.4, 0.5) is 0 Å². The summed E-state index contributed by atoms with van der Waals surface area (Å²) in [5.74, 6) is 0.713. The second kappa shape index (κ2) is 8.92. The van der Waals surface area contributed by atoms with Crippen LogP contribution >= 0.6 is 0 Å². The van der Waals surface area contributed by atoms with Crippen LogP contribution in [0.3, 0.4) is 0 Å². The molecule has 0 bridgehead atoms. The second-order valence-corrected chi connectivity index (χ2v) is 6.04. The molecular formula is C19H24N2O4. The molecule has 2 N–H and O–H groups in total. The van der Waals surface area contributed by atoms with E-state index < -0.39 is 11.9 Å². The molecular weight excluding hydrogens is 320 g/mol. The molecule has 0 radical (unpaired) electrons. The summed E-state index contributed by atoms with van der Waals surface area (Å²) in [7, 11) is 0. The van der Waals surface area contributed by atoms with Crippen molar-refractivity contribution in [2.75, 3.05) is 13.2 Å². The third kappa shape index (κ3) is 5.67. The van der Waals surface area contributed by atoms with Gasteiger partial charge in [0.1, 0.15) is 18.4 Å². The minimum absolute atomic E-state index is 0.174. The molecule has 6 heteroatoms. The first-order valence-electron chi connectivity index (χ1n) is 8.32. The molecule has 0 aliphatic rings. The smallest absolute Gasteiger partial charge is 0.287 e. The molecule has 1 heterocycles. The monoisotopic (exact) mass is 344 g/mol. The van der Waals surface area contributed by atoms with E-state index in [4.69, 9.17) is 9.15 Å². The van der Waals surface area contributed by atoms with Crippen molar-refractivity contribution >= 4 is 11.8 Å². The van der Waals surface area contributed by atoms with Gasteiger partial charge in [0.05, 0.1) is 12.8 Å². The summed E-state index contributed by atoms with van der Waals surface area (Å²) in [4.78, 5) is 23.8. The molecule has 0 unspecified atom stereocenters. The summed E-state index contributed by atoms with van der Waals surface area (Å²) >= 11 is 0. The van der Waals surface area contributed by atoms with Crippen LogP contribution in [-0.4, -0.2) is 31.0 Å². The molecule has 134 valence electrons. The van der Waals surface area contributed by atoms with Crippen LogP contribution in [0.1, 0.15) is 42.8 Å². The SMILES string of the molecule is CC(C)c1ccc(OCCNC(=O)[C@@H](C)NC(=O)c2ccco2)cc1. The van der Waals surface area contributed by atoms with Crippen molar-refractivity contribution in [2.45, 2.75) is 32.7 Å². The Bertz CT molecular complexity index is 678. The summed E-state index contributed by atoms with van der Waals surface area (Å²) in [6, 6.07) is 10.4. The molecule has 0 saturated heterocycles. The Morgan fingerprint density at radius 2 is 1.84 bits per heavy atom. The molecule has 0 aliphatic carbocycles.